The van der Waals surface area contributed by atoms with Crippen molar-refractivity contribution < 1.29 is 28.7 Å². The number of hydrogen-bond donors (Lipinski definition) is 2. The molecule has 0 unspecified atom stereocenters. The summed E-state index contributed by atoms with van der Waals surface area (Å²) in [4.78, 5) is 53.3. The molecule has 4 rings (SSSR count). The highest BCUT2D eigenvalue weighted by molar-refractivity contribution is 6.23. The maximum atomic E-state index is 12.9. The molecular weight excluding hydrogens is 536 g/mol. The lowest BCUT2D eigenvalue weighted by atomic mass is 10.1. The van der Waals surface area contributed by atoms with Gasteiger partial charge in [0.2, 0.25) is 11.8 Å². The van der Waals surface area contributed by atoms with Crippen molar-refractivity contribution in [2.45, 2.75) is 77.3 Å². The van der Waals surface area contributed by atoms with E-state index in [-0.39, 0.29) is 36.5 Å². The van der Waals surface area contributed by atoms with Crippen LogP contribution in [0.25, 0.3) is 0 Å². The zero-order chi connectivity index (χ0) is 29.9. The van der Waals surface area contributed by atoms with Gasteiger partial charge in [-0.25, -0.2) is 9.80 Å². The largest absolute Gasteiger partial charge is 0.494 e. The van der Waals surface area contributed by atoms with E-state index in [1.165, 1.54) is 9.80 Å². The topological polar surface area (TPSA) is 117 Å². The minimum atomic E-state index is -0.510. The van der Waals surface area contributed by atoms with Gasteiger partial charge in [-0.05, 0) is 87.3 Å². The van der Waals surface area contributed by atoms with Crippen molar-refractivity contribution in [1.82, 2.24) is 10.6 Å². The van der Waals surface area contributed by atoms with Crippen molar-refractivity contribution in [2.75, 3.05) is 36.1 Å². The van der Waals surface area contributed by atoms with E-state index in [4.69, 9.17) is 9.47 Å². The first-order chi connectivity index (χ1) is 20.4. The van der Waals surface area contributed by atoms with Gasteiger partial charge in [-0.3, -0.25) is 19.2 Å². The summed E-state index contributed by atoms with van der Waals surface area (Å²) in [6.07, 6.45) is 5.75. The van der Waals surface area contributed by atoms with Gasteiger partial charge in [0, 0.05) is 0 Å². The molecule has 2 aromatic carbocycles. The Morgan fingerprint density at radius 1 is 0.619 bits per heavy atom. The third-order valence-electron chi connectivity index (χ3n) is 7.31. The van der Waals surface area contributed by atoms with E-state index < -0.39 is 12.1 Å². The average Bonchev–Trinajstić information content (AvgIpc) is 3.44. The lowest BCUT2D eigenvalue weighted by molar-refractivity contribution is -0.123. The molecular formula is C32H42N4O6. The van der Waals surface area contributed by atoms with Gasteiger partial charge in [0.1, 0.15) is 11.5 Å². The molecule has 2 aliphatic heterocycles. The molecule has 42 heavy (non-hydrogen) atoms. The third kappa shape index (κ3) is 7.95. The Hall–Kier alpha value is -3.76. The number of carbonyl (C=O) groups is 4. The molecule has 10 heteroatoms. The number of nitrogens with one attached hydrogen (secondary N) is 2. The van der Waals surface area contributed by atoms with Gasteiger partial charge in [-0.15, -0.1) is 0 Å². The summed E-state index contributed by atoms with van der Waals surface area (Å²) in [5, 5.41) is 6.47. The summed E-state index contributed by atoms with van der Waals surface area (Å²) in [6.45, 7) is 6.58. The number of imide groups is 2. The second-order valence-corrected chi connectivity index (χ2v) is 10.7. The van der Waals surface area contributed by atoms with Crippen molar-refractivity contribution >= 4 is 35.0 Å². The number of ether oxygens (including phenoxy) is 2. The number of anilines is 2. The third-order valence-corrected chi connectivity index (χ3v) is 7.31. The first-order valence-electron chi connectivity index (χ1n) is 15.1. The predicted molar refractivity (Wildman–Crippen MR) is 161 cm³/mol. The number of rotatable bonds is 17. The molecule has 10 nitrogen and oxygen atoms in total. The minimum absolute atomic E-state index is 0.152. The van der Waals surface area contributed by atoms with Crippen LogP contribution in [0.3, 0.4) is 0 Å². The molecule has 0 saturated carbocycles. The van der Waals surface area contributed by atoms with Crippen molar-refractivity contribution in [1.29, 1.82) is 0 Å². The monoisotopic (exact) mass is 578 g/mol. The normalized spacial score (nSPS) is 18.8. The van der Waals surface area contributed by atoms with Crippen LogP contribution in [0.2, 0.25) is 0 Å². The van der Waals surface area contributed by atoms with E-state index in [0.29, 0.717) is 49.2 Å². The molecule has 2 atom stereocenters. The SMILES string of the molecule is CCCOc1ccc(N2C(=O)C[C@H](NCCCCCCN[C@H]3CC(=O)N(c4ccc(OCCC)cc4)C3=O)C2=O)cc1. The zero-order valence-electron chi connectivity index (χ0n) is 24.6. The molecule has 226 valence electrons. The molecule has 0 spiro atoms. The number of hydrogen-bond acceptors (Lipinski definition) is 8. The molecule has 2 fully saturated rings. The molecule has 0 radical (unpaired) electrons. The average molecular weight is 579 g/mol. The summed E-state index contributed by atoms with van der Waals surface area (Å²) in [7, 11) is 0. The van der Waals surface area contributed by atoms with Crippen LogP contribution in [0.1, 0.15) is 65.2 Å². The maximum Gasteiger partial charge on any atom is 0.251 e. The molecule has 2 aliphatic rings. The van der Waals surface area contributed by atoms with Gasteiger partial charge in [-0.1, -0.05) is 26.7 Å². The Bertz CT molecular complexity index is 1120. The molecule has 2 heterocycles. The summed E-state index contributed by atoms with van der Waals surface area (Å²) in [5.41, 5.74) is 1.12. The van der Waals surface area contributed by atoms with Crippen LogP contribution >= 0.6 is 0 Å². The van der Waals surface area contributed by atoms with E-state index in [0.717, 1.165) is 38.5 Å². The number of benzene rings is 2. The molecule has 2 saturated heterocycles. The summed E-state index contributed by atoms with van der Waals surface area (Å²) in [5.74, 6) is 0.571. The van der Waals surface area contributed by atoms with Crippen LogP contribution in [0.5, 0.6) is 11.5 Å². The Kier molecular flexibility index (Phi) is 11.5. The standard InChI is InChI=1S/C32H42N4O6/c1-3-19-41-25-13-9-23(10-14-25)35-29(37)21-27(31(35)39)33-17-7-5-6-8-18-34-28-22-30(38)36(32(28)40)24-11-15-26(16-12-24)42-20-4-2/h9-16,27-28,33-34H,3-8,17-22H2,1-2H3/t27-,28-/m0/s1. The van der Waals surface area contributed by atoms with Crippen molar-refractivity contribution in [3.63, 3.8) is 0 Å². The van der Waals surface area contributed by atoms with Crippen LogP contribution in [0.4, 0.5) is 11.4 Å². The lowest BCUT2D eigenvalue weighted by Gasteiger charge is -2.16. The fourth-order valence-corrected chi connectivity index (χ4v) is 5.10. The van der Waals surface area contributed by atoms with E-state index in [1.807, 2.05) is 13.8 Å². The van der Waals surface area contributed by atoms with Crippen LogP contribution in [-0.2, 0) is 19.2 Å². The van der Waals surface area contributed by atoms with E-state index in [9.17, 15) is 19.2 Å². The second kappa shape index (κ2) is 15.5. The van der Waals surface area contributed by atoms with Gasteiger partial charge >= 0.3 is 0 Å². The fourth-order valence-electron chi connectivity index (χ4n) is 5.10. The van der Waals surface area contributed by atoms with E-state index >= 15 is 0 Å². The second-order valence-electron chi connectivity index (χ2n) is 10.7. The van der Waals surface area contributed by atoms with Crippen LogP contribution < -0.4 is 29.9 Å². The molecule has 0 aromatic heterocycles. The summed E-state index contributed by atoms with van der Waals surface area (Å²) < 4.78 is 11.2. The number of carbonyl (C=O) groups excluding carboxylic acids is 4. The molecule has 2 aromatic rings. The van der Waals surface area contributed by atoms with Gasteiger partial charge in [0.25, 0.3) is 11.8 Å². The van der Waals surface area contributed by atoms with Gasteiger partial charge in [-0.2, -0.15) is 0 Å². The Balaban J connectivity index is 1.11. The van der Waals surface area contributed by atoms with Crippen LogP contribution in [0, 0.1) is 0 Å². The quantitative estimate of drug-likeness (QED) is 0.214. The highest BCUT2D eigenvalue weighted by Gasteiger charge is 2.40. The van der Waals surface area contributed by atoms with Crippen molar-refractivity contribution in [2.24, 2.45) is 0 Å². The minimum Gasteiger partial charge on any atom is -0.494 e. The smallest absolute Gasteiger partial charge is 0.251 e. The van der Waals surface area contributed by atoms with Gasteiger partial charge < -0.3 is 20.1 Å². The van der Waals surface area contributed by atoms with E-state index in [1.54, 1.807) is 48.5 Å². The Morgan fingerprint density at radius 2 is 1.00 bits per heavy atom. The van der Waals surface area contributed by atoms with Crippen LogP contribution in [-0.4, -0.2) is 62.0 Å². The zero-order valence-corrected chi connectivity index (χ0v) is 24.6. The Morgan fingerprint density at radius 3 is 1.36 bits per heavy atom. The molecule has 4 amide bonds. The highest BCUT2D eigenvalue weighted by atomic mass is 16.5. The first kappa shape index (κ1) is 31.2. The molecule has 0 bridgehead atoms. The first-order valence-corrected chi connectivity index (χ1v) is 15.1. The highest BCUT2D eigenvalue weighted by Crippen LogP contribution is 2.27. The van der Waals surface area contributed by atoms with Crippen molar-refractivity contribution in [3.05, 3.63) is 48.5 Å². The fraction of sp³-hybridized carbons (Fsp3) is 0.500. The van der Waals surface area contributed by atoms with Crippen LogP contribution in [0.15, 0.2) is 48.5 Å². The lowest BCUT2D eigenvalue weighted by Crippen LogP contribution is -2.39. The van der Waals surface area contributed by atoms with Gasteiger partial charge in [0.05, 0.1) is 49.5 Å². The maximum absolute atomic E-state index is 12.9. The number of unbranched alkanes of at least 4 members (excludes halogenated alkanes) is 3. The number of amides is 4. The van der Waals surface area contributed by atoms with Crippen molar-refractivity contribution in [3.8, 4) is 11.5 Å². The predicted octanol–water partition coefficient (Wildman–Crippen LogP) is 3.97. The molecule has 2 N–H and O–H groups in total. The summed E-state index contributed by atoms with van der Waals surface area (Å²) in [6, 6.07) is 13.1. The van der Waals surface area contributed by atoms with Gasteiger partial charge in [0.15, 0.2) is 0 Å². The number of nitrogens with zero attached hydrogens (tertiary/aromatic N) is 2. The molecule has 0 aliphatic carbocycles. The van der Waals surface area contributed by atoms with E-state index in [2.05, 4.69) is 10.6 Å². The Labute approximate surface area is 247 Å². The summed E-state index contributed by atoms with van der Waals surface area (Å²) >= 11 is 0.